The molecule has 1 aliphatic rings. The lowest BCUT2D eigenvalue weighted by molar-refractivity contribution is 0.146. The summed E-state index contributed by atoms with van der Waals surface area (Å²) in [4.78, 5) is 14.2. The number of rotatable bonds is 9. The summed E-state index contributed by atoms with van der Waals surface area (Å²) in [5.74, 6) is 1.60. The summed E-state index contributed by atoms with van der Waals surface area (Å²) in [7, 11) is 1.66. The van der Waals surface area contributed by atoms with Gasteiger partial charge in [0.2, 0.25) is 0 Å². The van der Waals surface area contributed by atoms with Crippen molar-refractivity contribution in [3.63, 3.8) is 0 Å². The van der Waals surface area contributed by atoms with Gasteiger partial charge in [-0.1, -0.05) is 0 Å². The van der Waals surface area contributed by atoms with Gasteiger partial charge in [-0.25, -0.2) is 9.97 Å². The molecule has 4 aromatic rings. The van der Waals surface area contributed by atoms with Crippen molar-refractivity contribution in [3.8, 4) is 11.6 Å². The summed E-state index contributed by atoms with van der Waals surface area (Å²) in [5, 5.41) is 10.3. The van der Waals surface area contributed by atoms with Gasteiger partial charge in [-0.2, -0.15) is 0 Å². The number of hydrogen-bond acceptors (Lipinski definition) is 8. The number of nitrogens with two attached hydrogens (primary N) is 1. The molecule has 0 spiro atoms. The number of aliphatic hydroxyl groups excluding tert-OH is 1. The molecular weight excluding hydrogens is 444 g/mol. The fourth-order valence-corrected chi connectivity index (χ4v) is 4.52. The lowest BCUT2D eigenvalue weighted by Gasteiger charge is -2.37. The fraction of sp³-hybridized carbons (Fsp3) is 0.385. The Hall–Kier alpha value is -3.24. The molecule has 9 nitrogen and oxygen atoms in total. The molecule has 35 heavy (non-hydrogen) atoms. The zero-order chi connectivity index (χ0) is 24.2. The van der Waals surface area contributed by atoms with Gasteiger partial charge in [0.15, 0.2) is 0 Å². The number of aliphatic hydroxyl groups is 1. The van der Waals surface area contributed by atoms with E-state index in [0.717, 1.165) is 66.2 Å². The molecular formula is C26H32N6O3. The molecule has 0 bridgehead atoms. The standard InChI is InChI=1S/C26H32N6O3/c1-34-12-13-35-22-4-6-25-24(15-22)28-18-32(25)26-7-2-19-14-21(3-5-23(19)29-26)31-10-8-30(9-11-31)16-20(27)17-33/h2-7,14-15,18,20,33H,8-13,16-17,27H2,1H3/t20-/m1/s1. The Morgan fingerprint density at radius 3 is 2.66 bits per heavy atom. The molecule has 0 saturated carbocycles. The summed E-state index contributed by atoms with van der Waals surface area (Å²) < 4.78 is 12.7. The molecule has 1 atom stereocenters. The molecule has 3 heterocycles. The number of benzene rings is 2. The van der Waals surface area contributed by atoms with E-state index in [2.05, 4.69) is 39.0 Å². The van der Waals surface area contributed by atoms with E-state index in [-0.39, 0.29) is 12.6 Å². The van der Waals surface area contributed by atoms with Crippen molar-refractivity contribution in [1.29, 1.82) is 0 Å². The Kier molecular flexibility index (Phi) is 7.10. The number of pyridine rings is 1. The third-order valence-corrected chi connectivity index (χ3v) is 6.44. The molecule has 9 heteroatoms. The maximum absolute atomic E-state index is 9.19. The van der Waals surface area contributed by atoms with Crippen LogP contribution in [0.4, 0.5) is 5.69 Å². The highest BCUT2D eigenvalue weighted by Gasteiger charge is 2.19. The zero-order valence-corrected chi connectivity index (χ0v) is 20.0. The van der Waals surface area contributed by atoms with Gasteiger partial charge in [0.25, 0.3) is 0 Å². The smallest absolute Gasteiger partial charge is 0.139 e. The molecule has 5 rings (SSSR count). The third-order valence-electron chi connectivity index (χ3n) is 6.44. The number of fused-ring (bicyclic) bond motifs is 2. The van der Waals surface area contributed by atoms with Crippen molar-refractivity contribution in [3.05, 3.63) is 54.9 Å². The fourth-order valence-electron chi connectivity index (χ4n) is 4.52. The van der Waals surface area contributed by atoms with E-state index in [0.29, 0.717) is 13.2 Å². The van der Waals surface area contributed by atoms with Gasteiger partial charge >= 0.3 is 0 Å². The van der Waals surface area contributed by atoms with Gasteiger partial charge in [-0.3, -0.25) is 9.47 Å². The van der Waals surface area contributed by atoms with E-state index in [1.165, 1.54) is 5.69 Å². The summed E-state index contributed by atoms with van der Waals surface area (Å²) in [6, 6.07) is 16.3. The van der Waals surface area contributed by atoms with Crippen LogP contribution in [0.15, 0.2) is 54.9 Å². The number of methoxy groups -OCH3 is 1. The maximum Gasteiger partial charge on any atom is 0.139 e. The number of ether oxygens (including phenoxy) is 2. The van der Waals surface area contributed by atoms with Crippen LogP contribution >= 0.6 is 0 Å². The van der Waals surface area contributed by atoms with Gasteiger partial charge in [-0.05, 0) is 42.5 Å². The van der Waals surface area contributed by atoms with Crippen LogP contribution in [0, 0.1) is 0 Å². The summed E-state index contributed by atoms with van der Waals surface area (Å²) in [6.07, 6.45) is 1.80. The summed E-state index contributed by atoms with van der Waals surface area (Å²) in [6.45, 7) is 5.57. The SMILES string of the molecule is COCCOc1ccc2c(c1)ncn2-c1ccc2cc(N3CCN(C[C@@H](N)CO)CC3)ccc2n1. The van der Waals surface area contributed by atoms with Crippen LogP contribution in [0.1, 0.15) is 0 Å². The highest BCUT2D eigenvalue weighted by Crippen LogP contribution is 2.26. The minimum atomic E-state index is -0.175. The van der Waals surface area contributed by atoms with E-state index in [9.17, 15) is 5.11 Å². The Morgan fingerprint density at radius 2 is 1.86 bits per heavy atom. The summed E-state index contributed by atoms with van der Waals surface area (Å²) >= 11 is 0. The molecule has 1 saturated heterocycles. The first-order valence-corrected chi connectivity index (χ1v) is 12.0. The third kappa shape index (κ3) is 5.23. The molecule has 1 fully saturated rings. The minimum Gasteiger partial charge on any atom is -0.491 e. The van der Waals surface area contributed by atoms with Crippen LogP contribution in [0.5, 0.6) is 5.75 Å². The molecule has 3 N–H and O–H groups in total. The number of piperazine rings is 1. The molecule has 0 amide bonds. The lowest BCUT2D eigenvalue weighted by Crippen LogP contribution is -2.50. The Bertz CT molecular complexity index is 1280. The normalized spacial score (nSPS) is 15.7. The van der Waals surface area contributed by atoms with Crippen LogP contribution < -0.4 is 15.4 Å². The highest BCUT2D eigenvalue weighted by atomic mass is 16.5. The maximum atomic E-state index is 9.19. The molecule has 184 valence electrons. The second kappa shape index (κ2) is 10.6. The van der Waals surface area contributed by atoms with Crippen molar-refractivity contribution in [2.45, 2.75) is 6.04 Å². The first-order chi connectivity index (χ1) is 17.1. The zero-order valence-electron chi connectivity index (χ0n) is 20.0. The predicted molar refractivity (Wildman–Crippen MR) is 137 cm³/mol. The van der Waals surface area contributed by atoms with Crippen molar-refractivity contribution in [2.75, 3.05) is 64.6 Å². The van der Waals surface area contributed by atoms with E-state index >= 15 is 0 Å². The average Bonchev–Trinajstić information content (AvgIpc) is 3.32. The van der Waals surface area contributed by atoms with Crippen LogP contribution in [0.3, 0.4) is 0 Å². The predicted octanol–water partition coefficient (Wildman–Crippen LogP) is 2.04. The minimum absolute atomic E-state index is 0.0269. The number of anilines is 1. The molecule has 2 aromatic carbocycles. The van der Waals surface area contributed by atoms with Crippen LogP contribution in [-0.4, -0.2) is 90.2 Å². The van der Waals surface area contributed by atoms with Crippen molar-refractivity contribution in [1.82, 2.24) is 19.4 Å². The molecule has 2 aromatic heterocycles. The molecule has 1 aliphatic heterocycles. The van der Waals surface area contributed by atoms with Crippen molar-refractivity contribution in [2.24, 2.45) is 5.73 Å². The van der Waals surface area contributed by atoms with E-state index < -0.39 is 0 Å². The second-order valence-electron chi connectivity index (χ2n) is 8.88. The van der Waals surface area contributed by atoms with Gasteiger partial charge in [0, 0.05) is 63.0 Å². The molecule has 0 aliphatic carbocycles. The Balaban J connectivity index is 1.31. The van der Waals surface area contributed by atoms with Gasteiger partial charge in [0.1, 0.15) is 24.5 Å². The second-order valence-corrected chi connectivity index (χ2v) is 8.88. The van der Waals surface area contributed by atoms with Crippen molar-refractivity contribution >= 4 is 27.6 Å². The number of hydrogen-bond donors (Lipinski definition) is 2. The topological polar surface area (TPSA) is 102 Å². The first-order valence-electron chi connectivity index (χ1n) is 12.0. The van der Waals surface area contributed by atoms with Crippen LogP contribution in [0.2, 0.25) is 0 Å². The number of imidazole rings is 1. The van der Waals surface area contributed by atoms with Crippen molar-refractivity contribution < 1.29 is 14.6 Å². The monoisotopic (exact) mass is 476 g/mol. The number of aromatic nitrogens is 3. The van der Waals surface area contributed by atoms with Crippen LogP contribution in [-0.2, 0) is 4.74 Å². The molecule has 0 radical (unpaired) electrons. The van der Waals surface area contributed by atoms with E-state index in [1.54, 1.807) is 13.4 Å². The van der Waals surface area contributed by atoms with Crippen LogP contribution in [0.25, 0.3) is 27.8 Å². The molecule has 0 unspecified atom stereocenters. The van der Waals surface area contributed by atoms with Gasteiger partial charge in [-0.15, -0.1) is 0 Å². The first kappa shape index (κ1) is 23.5. The quantitative estimate of drug-likeness (QED) is 0.354. The van der Waals surface area contributed by atoms with E-state index in [1.807, 2.05) is 28.8 Å². The van der Waals surface area contributed by atoms with Gasteiger partial charge < -0.3 is 25.2 Å². The summed E-state index contributed by atoms with van der Waals surface area (Å²) in [5.41, 5.74) is 9.87. The Morgan fingerprint density at radius 1 is 1.00 bits per heavy atom. The van der Waals surface area contributed by atoms with Gasteiger partial charge in [0.05, 0.1) is 29.8 Å². The number of nitrogens with zero attached hydrogens (tertiary/aromatic N) is 5. The highest BCUT2D eigenvalue weighted by molar-refractivity contribution is 5.84. The largest absolute Gasteiger partial charge is 0.491 e. The van der Waals surface area contributed by atoms with E-state index in [4.69, 9.17) is 20.2 Å². The Labute approximate surface area is 204 Å². The lowest BCUT2D eigenvalue weighted by atomic mass is 10.1. The average molecular weight is 477 g/mol.